The van der Waals surface area contributed by atoms with E-state index in [4.69, 9.17) is 5.11 Å². The summed E-state index contributed by atoms with van der Waals surface area (Å²) in [6, 6.07) is 2.84. The summed E-state index contributed by atoms with van der Waals surface area (Å²) < 4.78 is 49.2. The Hall–Kier alpha value is -2.14. The number of carbonyl (C=O) groups excluding carboxylic acids is 1. The Labute approximate surface area is 111 Å². The molecule has 108 valence electrons. The smallest absolute Gasteiger partial charge is 0.324 e. The van der Waals surface area contributed by atoms with E-state index in [0.717, 1.165) is 0 Å². The first-order valence-corrected chi connectivity index (χ1v) is 5.37. The number of alkyl halides is 4. The highest BCUT2D eigenvalue weighted by Crippen LogP contribution is 2.21. The lowest BCUT2D eigenvalue weighted by Crippen LogP contribution is -2.41. The van der Waals surface area contributed by atoms with Gasteiger partial charge in [0.15, 0.2) is 0 Å². The number of pyridine rings is 1. The molecule has 0 aromatic carbocycles. The molecule has 20 heavy (non-hydrogen) atoms. The third kappa shape index (κ3) is 4.20. The minimum atomic E-state index is -4.32. The number of halogens is 4. The second-order valence-corrected chi connectivity index (χ2v) is 3.60. The van der Waals surface area contributed by atoms with Crippen LogP contribution < -0.4 is 5.32 Å². The molecule has 0 bridgehead atoms. The summed E-state index contributed by atoms with van der Waals surface area (Å²) in [5, 5.41) is 10.2. The lowest BCUT2D eigenvalue weighted by molar-refractivity contribution is -0.123. The van der Waals surface area contributed by atoms with Crippen molar-refractivity contribution in [3.63, 3.8) is 0 Å². The standard InChI is InChI=1S/C12H10F4N2O2/c13-11(14)12(15,16)7-18-10(20)9-8(4-2-6-19)3-1-5-17-9/h1,3,5,11,19H,6-7H2,(H,18,20). The first-order chi connectivity index (χ1) is 9.38. The van der Waals surface area contributed by atoms with Crippen LogP contribution in [-0.2, 0) is 0 Å². The molecule has 1 aromatic rings. The largest absolute Gasteiger partial charge is 0.384 e. The Morgan fingerprint density at radius 3 is 2.80 bits per heavy atom. The van der Waals surface area contributed by atoms with Gasteiger partial charge in [-0.05, 0) is 12.1 Å². The van der Waals surface area contributed by atoms with Crippen molar-refractivity contribution in [3.05, 3.63) is 29.6 Å². The van der Waals surface area contributed by atoms with Gasteiger partial charge in [-0.3, -0.25) is 4.79 Å². The maximum Gasteiger partial charge on any atom is 0.324 e. The molecule has 0 fully saturated rings. The average Bonchev–Trinajstić information content (AvgIpc) is 2.42. The topological polar surface area (TPSA) is 62.2 Å². The van der Waals surface area contributed by atoms with E-state index in [1.54, 1.807) is 5.32 Å². The van der Waals surface area contributed by atoms with Crippen molar-refractivity contribution in [2.45, 2.75) is 12.3 Å². The quantitative estimate of drug-likeness (QED) is 0.644. The van der Waals surface area contributed by atoms with E-state index in [-0.39, 0.29) is 11.3 Å². The van der Waals surface area contributed by atoms with E-state index in [1.807, 2.05) is 0 Å². The van der Waals surface area contributed by atoms with Gasteiger partial charge in [-0.15, -0.1) is 0 Å². The lowest BCUT2D eigenvalue weighted by atomic mass is 10.2. The molecular formula is C12H10F4N2O2. The third-order valence-electron chi connectivity index (χ3n) is 2.13. The number of aromatic nitrogens is 1. The Kier molecular flexibility index (Phi) is 5.46. The first-order valence-electron chi connectivity index (χ1n) is 5.37. The number of aliphatic hydroxyl groups excluding tert-OH is 1. The lowest BCUT2D eigenvalue weighted by Gasteiger charge is -2.15. The van der Waals surface area contributed by atoms with Gasteiger partial charge in [-0.1, -0.05) is 11.8 Å². The van der Waals surface area contributed by atoms with Crippen molar-refractivity contribution in [2.75, 3.05) is 13.2 Å². The van der Waals surface area contributed by atoms with Crippen LogP contribution in [0.5, 0.6) is 0 Å². The van der Waals surface area contributed by atoms with Crippen molar-refractivity contribution in [3.8, 4) is 11.8 Å². The maximum atomic E-state index is 12.7. The zero-order valence-electron chi connectivity index (χ0n) is 10.0. The fourth-order valence-electron chi connectivity index (χ4n) is 1.18. The van der Waals surface area contributed by atoms with Crippen LogP contribution in [0, 0.1) is 11.8 Å². The van der Waals surface area contributed by atoms with Crippen LogP contribution in [0.2, 0.25) is 0 Å². The number of nitrogens with zero attached hydrogens (tertiary/aromatic N) is 1. The zero-order valence-corrected chi connectivity index (χ0v) is 10.0. The van der Waals surface area contributed by atoms with Gasteiger partial charge >= 0.3 is 12.3 Å². The Morgan fingerprint density at radius 1 is 1.50 bits per heavy atom. The van der Waals surface area contributed by atoms with E-state index < -0.39 is 31.4 Å². The third-order valence-corrected chi connectivity index (χ3v) is 2.13. The van der Waals surface area contributed by atoms with E-state index in [2.05, 4.69) is 16.8 Å². The number of rotatable bonds is 4. The number of aliphatic hydroxyl groups is 1. The SMILES string of the molecule is O=C(NCC(F)(F)C(F)F)c1ncccc1C#CCO. The van der Waals surface area contributed by atoms with Gasteiger partial charge in [-0.2, -0.15) is 8.78 Å². The summed E-state index contributed by atoms with van der Waals surface area (Å²) in [5.74, 6) is -0.694. The van der Waals surface area contributed by atoms with E-state index >= 15 is 0 Å². The van der Waals surface area contributed by atoms with E-state index in [9.17, 15) is 22.4 Å². The molecule has 0 aliphatic rings. The average molecular weight is 290 g/mol. The Balaban J connectivity index is 2.83. The van der Waals surface area contributed by atoms with Gasteiger partial charge in [-0.25, -0.2) is 13.8 Å². The molecule has 8 heteroatoms. The minimum Gasteiger partial charge on any atom is -0.384 e. The number of nitrogens with one attached hydrogen (secondary N) is 1. The van der Waals surface area contributed by atoms with Crippen molar-refractivity contribution in [2.24, 2.45) is 0 Å². The normalized spacial score (nSPS) is 10.9. The predicted octanol–water partition coefficient (Wildman–Crippen LogP) is 1.06. The van der Waals surface area contributed by atoms with Crippen molar-refractivity contribution in [1.29, 1.82) is 0 Å². The van der Waals surface area contributed by atoms with E-state index in [1.165, 1.54) is 18.3 Å². The Bertz CT molecular complexity index is 538. The minimum absolute atomic E-state index is 0.0967. The fourth-order valence-corrected chi connectivity index (χ4v) is 1.18. The van der Waals surface area contributed by atoms with Crippen molar-refractivity contribution >= 4 is 5.91 Å². The van der Waals surface area contributed by atoms with Crippen LogP contribution in [0.3, 0.4) is 0 Å². The van der Waals surface area contributed by atoms with Crippen LogP contribution in [-0.4, -0.2) is 41.5 Å². The van der Waals surface area contributed by atoms with Gasteiger partial charge in [0.1, 0.15) is 12.3 Å². The summed E-state index contributed by atoms with van der Waals surface area (Å²) in [4.78, 5) is 15.3. The van der Waals surface area contributed by atoms with Gasteiger partial charge in [0.2, 0.25) is 0 Å². The molecule has 0 aliphatic carbocycles. The first kappa shape index (κ1) is 15.9. The molecule has 0 radical (unpaired) electrons. The molecule has 1 aromatic heterocycles. The van der Waals surface area contributed by atoms with Crippen molar-refractivity contribution < 1.29 is 27.5 Å². The summed E-state index contributed by atoms with van der Waals surface area (Å²) in [6.07, 6.45) is -2.65. The maximum absolute atomic E-state index is 12.7. The number of hydrogen-bond donors (Lipinski definition) is 2. The van der Waals surface area contributed by atoms with Gasteiger partial charge in [0, 0.05) is 6.20 Å². The Morgan fingerprint density at radius 2 is 2.20 bits per heavy atom. The molecule has 0 aliphatic heterocycles. The number of carbonyl (C=O) groups is 1. The number of hydrogen-bond acceptors (Lipinski definition) is 3. The summed E-state index contributed by atoms with van der Waals surface area (Å²) in [7, 11) is 0. The number of amides is 1. The zero-order chi connectivity index (χ0) is 15.2. The molecule has 0 saturated heterocycles. The van der Waals surface area contributed by atoms with Crippen LogP contribution in [0.15, 0.2) is 18.3 Å². The fraction of sp³-hybridized carbons (Fsp3) is 0.333. The molecule has 1 rings (SSSR count). The molecule has 0 spiro atoms. The summed E-state index contributed by atoms with van der Waals surface area (Å²) in [5.41, 5.74) is -0.182. The van der Waals surface area contributed by atoms with Gasteiger partial charge < -0.3 is 10.4 Å². The molecule has 1 heterocycles. The molecule has 0 unspecified atom stereocenters. The molecule has 1 amide bonds. The van der Waals surface area contributed by atoms with Crippen LogP contribution in [0.4, 0.5) is 17.6 Å². The molecule has 0 atom stereocenters. The van der Waals surface area contributed by atoms with Gasteiger partial charge in [0.05, 0.1) is 12.1 Å². The molecule has 0 saturated carbocycles. The van der Waals surface area contributed by atoms with Crippen LogP contribution >= 0.6 is 0 Å². The van der Waals surface area contributed by atoms with Crippen LogP contribution in [0.25, 0.3) is 0 Å². The van der Waals surface area contributed by atoms with E-state index in [0.29, 0.717) is 0 Å². The highest BCUT2D eigenvalue weighted by Gasteiger charge is 2.41. The second-order valence-electron chi connectivity index (χ2n) is 3.60. The van der Waals surface area contributed by atoms with Crippen LogP contribution in [0.1, 0.15) is 16.1 Å². The van der Waals surface area contributed by atoms with Crippen molar-refractivity contribution in [1.82, 2.24) is 10.3 Å². The summed E-state index contributed by atoms with van der Waals surface area (Å²) >= 11 is 0. The second kappa shape index (κ2) is 6.86. The summed E-state index contributed by atoms with van der Waals surface area (Å²) in [6.45, 7) is -1.97. The highest BCUT2D eigenvalue weighted by molar-refractivity contribution is 5.94. The molecule has 2 N–H and O–H groups in total. The predicted molar refractivity (Wildman–Crippen MR) is 61.5 cm³/mol. The molecule has 4 nitrogen and oxygen atoms in total. The monoisotopic (exact) mass is 290 g/mol. The highest BCUT2D eigenvalue weighted by atomic mass is 19.3. The molecular weight excluding hydrogens is 280 g/mol. The van der Waals surface area contributed by atoms with Gasteiger partial charge in [0.25, 0.3) is 5.91 Å².